The summed E-state index contributed by atoms with van der Waals surface area (Å²) in [5, 5.41) is 10.5. The molecule has 0 unspecified atom stereocenters. The largest absolute Gasteiger partial charge is 0.388 e. The molecule has 0 aromatic heterocycles. The summed E-state index contributed by atoms with van der Waals surface area (Å²) in [6.45, 7) is 7.72. The van der Waals surface area contributed by atoms with Gasteiger partial charge in [-0.15, -0.1) is 0 Å². The van der Waals surface area contributed by atoms with Crippen LogP contribution in [0.1, 0.15) is 46.5 Å². The molecule has 1 fully saturated rings. The molecule has 16 heavy (non-hydrogen) atoms. The fraction of sp³-hybridized carbons (Fsp3) is 0.857. The van der Waals surface area contributed by atoms with Crippen LogP contribution in [0.2, 0.25) is 0 Å². The summed E-state index contributed by atoms with van der Waals surface area (Å²) in [5.41, 5.74) is -0.500. The van der Waals surface area contributed by atoms with E-state index in [0.29, 0.717) is 6.04 Å². The van der Waals surface area contributed by atoms with Crippen LogP contribution >= 0.6 is 0 Å². The topological polar surface area (TPSA) is 23.5 Å². The van der Waals surface area contributed by atoms with Crippen LogP contribution in [0.3, 0.4) is 0 Å². The molecule has 2 heteroatoms. The molecular formula is C14H25NO. The van der Waals surface area contributed by atoms with E-state index in [1.807, 2.05) is 6.92 Å². The lowest BCUT2D eigenvalue weighted by molar-refractivity contribution is -0.0626. The lowest BCUT2D eigenvalue weighted by atomic mass is 9.72. The lowest BCUT2D eigenvalue weighted by Crippen LogP contribution is -2.52. The smallest absolute Gasteiger partial charge is 0.0821 e. The van der Waals surface area contributed by atoms with Crippen molar-refractivity contribution in [2.75, 3.05) is 6.54 Å². The predicted octanol–water partition coefficient (Wildman–Crippen LogP) is 2.78. The monoisotopic (exact) mass is 223 g/mol. The van der Waals surface area contributed by atoms with Gasteiger partial charge in [0, 0.05) is 6.54 Å². The second kappa shape index (κ2) is 4.40. The summed E-state index contributed by atoms with van der Waals surface area (Å²) in [7, 11) is 0. The molecule has 0 aromatic rings. The second-order valence-electron chi connectivity index (χ2n) is 6.06. The van der Waals surface area contributed by atoms with Gasteiger partial charge in [0.15, 0.2) is 0 Å². The van der Waals surface area contributed by atoms with Crippen LogP contribution in [-0.4, -0.2) is 28.2 Å². The van der Waals surface area contributed by atoms with E-state index in [-0.39, 0.29) is 0 Å². The maximum atomic E-state index is 10.5. The molecule has 0 aromatic carbocycles. The number of hydrogen-bond donors (Lipinski definition) is 1. The van der Waals surface area contributed by atoms with Gasteiger partial charge >= 0.3 is 0 Å². The summed E-state index contributed by atoms with van der Waals surface area (Å²) in [6.07, 6.45) is 8.81. The summed E-state index contributed by atoms with van der Waals surface area (Å²) in [6, 6.07) is 0.326. The molecule has 2 rings (SSSR count). The maximum absolute atomic E-state index is 10.5. The van der Waals surface area contributed by atoms with Gasteiger partial charge in [-0.05, 0) is 50.6 Å². The Balaban J connectivity index is 2.08. The van der Waals surface area contributed by atoms with Crippen LogP contribution in [0.25, 0.3) is 0 Å². The zero-order valence-electron chi connectivity index (χ0n) is 10.8. The molecule has 1 N–H and O–H groups in total. The third kappa shape index (κ3) is 2.27. The first-order chi connectivity index (χ1) is 7.50. The molecule has 0 spiro atoms. The third-order valence-electron chi connectivity index (χ3n) is 4.46. The molecule has 1 aliphatic carbocycles. The Morgan fingerprint density at radius 2 is 2.19 bits per heavy atom. The molecule has 0 amide bonds. The number of nitrogens with zero attached hydrogens (tertiary/aromatic N) is 1. The Hall–Kier alpha value is -0.500. The number of hydrogen-bond acceptors (Lipinski definition) is 2. The molecule has 2 nitrogen and oxygen atoms in total. The van der Waals surface area contributed by atoms with Crippen molar-refractivity contribution in [1.82, 2.24) is 4.90 Å². The maximum Gasteiger partial charge on any atom is 0.0821 e. The van der Waals surface area contributed by atoms with Gasteiger partial charge in [0.1, 0.15) is 0 Å². The third-order valence-corrected chi connectivity index (χ3v) is 4.46. The van der Waals surface area contributed by atoms with E-state index in [2.05, 4.69) is 31.0 Å². The molecular weight excluding hydrogens is 198 g/mol. The van der Waals surface area contributed by atoms with E-state index < -0.39 is 5.60 Å². The molecule has 0 radical (unpaired) electrons. The van der Waals surface area contributed by atoms with Gasteiger partial charge in [-0.25, -0.2) is 0 Å². The van der Waals surface area contributed by atoms with Crippen molar-refractivity contribution >= 4 is 0 Å². The Morgan fingerprint density at radius 1 is 1.44 bits per heavy atom. The van der Waals surface area contributed by atoms with Gasteiger partial charge < -0.3 is 10.0 Å². The normalized spacial score (nSPS) is 39.7. The first-order valence-electron chi connectivity index (χ1n) is 6.65. The number of aliphatic hydroxyl groups is 1. The lowest BCUT2D eigenvalue weighted by Gasteiger charge is -2.46. The van der Waals surface area contributed by atoms with Crippen molar-refractivity contribution in [2.24, 2.45) is 11.8 Å². The first-order valence-corrected chi connectivity index (χ1v) is 6.65. The van der Waals surface area contributed by atoms with E-state index in [4.69, 9.17) is 0 Å². The standard InChI is InChI=1S/C14H25NO/c1-11(2)12-6-7-14(3,16)13(10-12)15-8-4-5-9-15/h4,8,11-13,16H,5-7,9-10H2,1-3H3/t12-,13+,14+/m1/s1. The van der Waals surface area contributed by atoms with Crippen LogP contribution in [0.15, 0.2) is 12.3 Å². The minimum Gasteiger partial charge on any atom is -0.388 e. The van der Waals surface area contributed by atoms with Crippen molar-refractivity contribution < 1.29 is 5.11 Å². The molecule has 2 aliphatic rings. The summed E-state index contributed by atoms with van der Waals surface area (Å²) in [5.74, 6) is 1.52. The van der Waals surface area contributed by atoms with Crippen LogP contribution in [-0.2, 0) is 0 Å². The molecule has 1 saturated carbocycles. The summed E-state index contributed by atoms with van der Waals surface area (Å²) >= 11 is 0. The Labute approximate surface area is 99.3 Å². The fourth-order valence-electron chi connectivity index (χ4n) is 3.17. The highest BCUT2D eigenvalue weighted by Gasteiger charge is 2.41. The average Bonchev–Trinajstić information content (AvgIpc) is 2.69. The van der Waals surface area contributed by atoms with E-state index in [1.165, 1.54) is 6.42 Å². The van der Waals surface area contributed by atoms with Crippen LogP contribution in [0.5, 0.6) is 0 Å². The minimum absolute atomic E-state index is 0.326. The van der Waals surface area contributed by atoms with Crippen molar-refractivity contribution in [1.29, 1.82) is 0 Å². The molecule has 92 valence electrons. The van der Waals surface area contributed by atoms with E-state index in [9.17, 15) is 5.11 Å². The van der Waals surface area contributed by atoms with Crippen molar-refractivity contribution in [2.45, 2.75) is 58.1 Å². The molecule has 0 saturated heterocycles. The van der Waals surface area contributed by atoms with Crippen molar-refractivity contribution in [3.05, 3.63) is 12.3 Å². The van der Waals surface area contributed by atoms with E-state index in [0.717, 1.165) is 37.6 Å². The zero-order valence-corrected chi connectivity index (χ0v) is 10.8. The number of rotatable bonds is 2. The second-order valence-corrected chi connectivity index (χ2v) is 6.06. The summed E-state index contributed by atoms with van der Waals surface area (Å²) < 4.78 is 0. The Kier molecular flexibility index (Phi) is 3.29. The van der Waals surface area contributed by atoms with Gasteiger partial charge in [0.05, 0.1) is 11.6 Å². The van der Waals surface area contributed by atoms with Crippen LogP contribution in [0.4, 0.5) is 0 Å². The molecule has 1 aliphatic heterocycles. The molecule has 0 bridgehead atoms. The minimum atomic E-state index is -0.500. The van der Waals surface area contributed by atoms with Gasteiger partial charge in [-0.2, -0.15) is 0 Å². The van der Waals surface area contributed by atoms with Gasteiger partial charge in [-0.3, -0.25) is 0 Å². The molecule has 3 atom stereocenters. The predicted molar refractivity (Wildman–Crippen MR) is 67.1 cm³/mol. The van der Waals surface area contributed by atoms with Crippen LogP contribution < -0.4 is 0 Å². The summed E-state index contributed by atoms with van der Waals surface area (Å²) in [4.78, 5) is 2.36. The van der Waals surface area contributed by atoms with Gasteiger partial charge in [0.25, 0.3) is 0 Å². The first kappa shape index (κ1) is 12.0. The average molecular weight is 223 g/mol. The van der Waals surface area contributed by atoms with Gasteiger partial charge in [-0.1, -0.05) is 19.9 Å². The highest BCUT2D eigenvalue weighted by molar-refractivity contribution is 5.03. The highest BCUT2D eigenvalue weighted by Crippen LogP contribution is 2.39. The molecule has 1 heterocycles. The van der Waals surface area contributed by atoms with Crippen molar-refractivity contribution in [3.8, 4) is 0 Å². The van der Waals surface area contributed by atoms with E-state index in [1.54, 1.807) is 0 Å². The van der Waals surface area contributed by atoms with E-state index >= 15 is 0 Å². The zero-order chi connectivity index (χ0) is 11.8. The highest BCUT2D eigenvalue weighted by atomic mass is 16.3. The Morgan fingerprint density at radius 3 is 2.75 bits per heavy atom. The quantitative estimate of drug-likeness (QED) is 0.778. The Bertz CT molecular complexity index is 270. The fourth-order valence-corrected chi connectivity index (χ4v) is 3.17. The van der Waals surface area contributed by atoms with Gasteiger partial charge in [0.2, 0.25) is 0 Å². The van der Waals surface area contributed by atoms with Crippen molar-refractivity contribution in [3.63, 3.8) is 0 Å². The van der Waals surface area contributed by atoms with Crippen LogP contribution in [0, 0.1) is 11.8 Å². The SMILES string of the molecule is CC(C)[C@@H]1CC[C@](C)(O)[C@@H](N2C=CCC2)C1.